The first kappa shape index (κ1) is 21.7. The summed E-state index contributed by atoms with van der Waals surface area (Å²) in [5.74, 6) is 0.896. The minimum absolute atomic E-state index is 0.163. The van der Waals surface area contributed by atoms with Gasteiger partial charge in [0.2, 0.25) is 10.0 Å². The number of nitrogens with one attached hydrogen (secondary N) is 1. The smallest absolute Gasteiger partial charge is 0.264 e. The zero-order chi connectivity index (χ0) is 20.6. The number of carbonyl (C=O) groups excluding carboxylic acids is 1. The maximum absolute atomic E-state index is 12.3. The fourth-order valence-corrected chi connectivity index (χ4v) is 3.45. The highest BCUT2D eigenvalue weighted by atomic mass is 32.2. The molecule has 0 radical (unpaired) electrons. The molecule has 152 valence electrons. The van der Waals surface area contributed by atoms with Gasteiger partial charge < -0.3 is 14.4 Å². The highest BCUT2D eigenvalue weighted by Gasteiger charge is 2.14. The quantitative estimate of drug-likeness (QED) is 0.613. The van der Waals surface area contributed by atoms with Crippen molar-refractivity contribution in [1.29, 1.82) is 0 Å². The SMILES string of the molecule is CCCCNS(=O)(=O)c1ccc(OCC(=O)N(C)c2ccc(OC)cc2)cc1. The Morgan fingerprint density at radius 1 is 1.04 bits per heavy atom. The van der Waals surface area contributed by atoms with E-state index in [1.165, 1.54) is 29.2 Å². The molecule has 28 heavy (non-hydrogen) atoms. The van der Waals surface area contributed by atoms with Crippen LogP contribution in [0.4, 0.5) is 5.69 Å². The zero-order valence-corrected chi connectivity index (χ0v) is 17.2. The molecule has 0 fully saturated rings. The Labute approximate surface area is 166 Å². The Balaban J connectivity index is 1.92. The molecule has 1 amide bonds. The summed E-state index contributed by atoms with van der Waals surface area (Å²) in [6.45, 7) is 2.24. The van der Waals surface area contributed by atoms with Crippen LogP contribution in [0.15, 0.2) is 53.4 Å². The van der Waals surface area contributed by atoms with Crippen molar-refractivity contribution in [3.8, 4) is 11.5 Å². The van der Waals surface area contributed by atoms with Gasteiger partial charge in [-0.2, -0.15) is 0 Å². The first-order chi connectivity index (χ1) is 13.4. The number of benzene rings is 2. The fraction of sp³-hybridized carbons (Fsp3) is 0.350. The second kappa shape index (κ2) is 10.1. The molecule has 0 aliphatic heterocycles. The summed E-state index contributed by atoms with van der Waals surface area (Å²) in [6.07, 6.45) is 1.69. The van der Waals surface area contributed by atoms with Crippen LogP contribution in [0.2, 0.25) is 0 Å². The molecule has 0 aliphatic carbocycles. The van der Waals surface area contributed by atoms with Gasteiger partial charge in [-0.05, 0) is 55.0 Å². The van der Waals surface area contributed by atoms with Gasteiger partial charge in [0.25, 0.3) is 5.91 Å². The van der Waals surface area contributed by atoms with E-state index >= 15 is 0 Å². The Morgan fingerprint density at radius 3 is 2.21 bits per heavy atom. The van der Waals surface area contributed by atoms with Crippen molar-refractivity contribution in [1.82, 2.24) is 4.72 Å². The Kier molecular flexibility index (Phi) is 7.83. The molecule has 0 saturated carbocycles. The largest absolute Gasteiger partial charge is 0.497 e. The molecule has 2 aromatic rings. The topological polar surface area (TPSA) is 84.9 Å². The van der Waals surface area contributed by atoms with Gasteiger partial charge in [0.05, 0.1) is 12.0 Å². The van der Waals surface area contributed by atoms with Gasteiger partial charge in [-0.3, -0.25) is 4.79 Å². The van der Waals surface area contributed by atoms with E-state index in [0.717, 1.165) is 12.8 Å². The second-order valence-corrected chi connectivity index (χ2v) is 7.93. The number of hydrogen-bond donors (Lipinski definition) is 1. The van der Waals surface area contributed by atoms with Gasteiger partial charge in [0, 0.05) is 19.3 Å². The zero-order valence-electron chi connectivity index (χ0n) is 16.3. The lowest BCUT2D eigenvalue weighted by Gasteiger charge is -2.18. The molecule has 8 heteroatoms. The lowest BCUT2D eigenvalue weighted by atomic mass is 10.3. The van der Waals surface area contributed by atoms with E-state index in [9.17, 15) is 13.2 Å². The molecule has 0 aliphatic rings. The predicted octanol–water partition coefficient (Wildman–Crippen LogP) is 2.82. The average molecular weight is 407 g/mol. The van der Waals surface area contributed by atoms with E-state index in [4.69, 9.17) is 9.47 Å². The van der Waals surface area contributed by atoms with Crippen LogP contribution in [0.3, 0.4) is 0 Å². The van der Waals surface area contributed by atoms with Crippen molar-refractivity contribution < 1.29 is 22.7 Å². The molecule has 2 aromatic carbocycles. The maximum Gasteiger partial charge on any atom is 0.264 e. The molecular weight excluding hydrogens is 380 g/mol. The van der Waals surface area contributed by atoms with Crippen molar-refractivity contribution >= 4 is 21.6 Å². The molecule has 0 atom stereocenters. The van der Waals surface area contributed by atoms with Crippen LogP contribution in [-0.2, 0) is 14.8 Å². The van der Waals surface area contributed by atoms with Crippen molar-refractivity contribution in [3.05, 3.63) is 48.5 Å². The minimum Gasteiger partial charge on any atom is -0.497 e. The van der Waals surface area contributed by atoms with Crippen molar-refractivity contribution in [2.24, 2.45) is 0 Å². The number of nitrogens with zero attached hydrogens (tertiary/aromatic N) is 1. The van der Waals surface area contributed by atoms with Crippen molar-refractivity contribution in [2.75, 3.05) is 32.2 Å². The van der Waals surface area contributed by atoms with E-state index in [-0.39, 0.29) is 17.4 Å². The van der Waals surface area contributed by atoms with Crippen molar-refractivity contribution in [2.45, 2.75) is 24.7 Å². The molecule has 0 unspecified atom stereocenters. The van der Waals surface area contributed by atoms with Crippen molar-refractivity contribution in [3.63, 3.8) is 0 Å². The lowest BCUT2D eigenvalue weighted by Crippen LogP contribution is -2.31. The highest BCUT2D eigenvalue weighted by Crippen LogP contribution is 2.19. The monoisotopic (exact) mass is 406 g/mol. The van der Waals surface area contributed by atoms with Gasteiger partial charge in [0.1, 0.15) is 11.5 Å². The van der Waals surface area contributed by atoms with Gasteiger partial charge in [-0.25, -0.2) is 13.1 Å². The number of likely N-dealkylation sites (N-methyl/N-ethyl adjacent to an activating group) is 1. The normalized spacial score (nSPS) is 11.1. The molecule has 0 bridgehead atoms. The molecular formula is C20H26N2O5S. The second-order valence-electron chi connectivity index (χ2n) is 6.16. The molecule has 0 spiro atoms. The number of rotatable bonds is 10. The Morgan fingerprint density at radius 2 is 1.64 bits per heavy atom. The number of carbonyl (C=O) groups is 1. The number of hydrogen-bond acceptors (Lipinski definition) is 5. The summed E-state index contributed by atoms with van der Waals surface area (Å²) in [7, 11) is -0.290. The van der Waals surface area contributed by atoms with Gasteiger partial charge >= 0.3 is 0 Å². The van der Waals surface area contributed by atoms with E-state index < -0.39 is 10.0 Å². The van der Waals surface area contributed by atoms with Gasteiger partial charge in [0.15, 0.2) is 6.61 Å². The lowest BCUT2D eigenvalue weighted by molar-refractivity contribution is -0.120. The van der Waals surface area contributed by atoms with Crippen LogP contribution in [0.25, 0.3) is 0 Å². The van der Waals surface area contributed by atoms with Gasteiger partial charge in [-0.1, -0.05) is 13.3 Å². The number of methoxy groups -OCH3 is 1. The third kappa shape index (κ3) is 5.97. The van der Waals surface area contributed by atoms with Crippen LogP contribution < -0.4 is 19.1 Å². The summed E-state index contributed by atoms with van der Waals surface area (Å²) < 4.78 is 37.4. The van der Waals surface area contributed by atoms with E-state index in [1.54, 1.807) is 38.4 Å². The summed E-state index contributed by atoms with van der Waals surface area (Å²) in [5, 5.41) is 0. The number of ether oxygens (including phenoxy) is 2. The van der Waals surface area contributed by atoms with E-state index in [0.29, 0.717) is 23.7 Å². The predicted molar refractivity (Wildman–Crippen MR) is 108 cm³/mol. The van der Waals surface area contributed by atoms with Crippen LogP contribution in [0.1, 0.15) is 19.8 Å². The van der Waals surface area contributed by atoms with Crippen LogP contribution in [0, 0.1) is 0 Å². The molecule has 0 saturated heterocycles. The first-order valence-electron chi connectivity index (χ1n) is 9.00. The number of anilines is 1. The summed E-state index contributed by atoms with van der Waals surface area (Å²) in [6, 6.07) is 13.1. The van der Waals surface area contributed by atoms with Crippen LogP contribution >= 0.6 is 0 Å². The molecule has 1 N–H and O–H groups in total. The highest BCUT2D eigenvalue weighted by molar-refractivity contribution is 7.89. The van der Waals surface area contributed by atoms with Crippen LogP contribution in [-0.4, -0.2) is 41.6 Å². The van der Waals surface area contributed by atoms with E-state index in [1.807, 2.05) is 6.92 Å². The first-order valence-corrected chi connectivity index (χ1v) is 10.5. The third-order valence-corrected chi connectivity index (χ3v) is 5.63. The number of sulfonamides is 1. The number of amides is 1. The summed E-state index contributed by atoms with van der Waals surface area (Å²) >= 11 is 0. The minimum atomic E-state index is -3.53. The summed E-state index contributed by atoms with van der Waals surface area (Å²) in [5.41, 5.74) is 0.717. The fourth-order valence-electron chi connectivity index (χ4n) is 2.37. The third-order valence-electron chi connectivity index (χ3n) is 4.15. The molecule has 0 heterocycles. The summed E-state index contributed by atoms with van der Waals surface area (Å²) in [4.78, 5) is 14.0. The van der Waals surface area contributed by atoms with E-state index in [2.05, 4.69) is 4.72 Å². The number of unbranched alkanes of at least 4 members (excludes halogenated alkanes) is 1. The molecule has 2 rings (SSSR count). The molecule has 7 nitrogen and oxygen atoms in total. The van der Waals surface area contributed by atoms with Crippen LogP contribution in [0.5, 0.6) is 11.5 Å². The molecule has 0 aromatic heterocycles. The van der Waals surface area contributed by atoms with Gasteiger partial charge in [-0.15, -0.1) is 0 Å². The standard InChI is InChI=1S/C20H26N2O5S/c1-4-5-14-21-28(24,25)19-12-10-18(11-13-19)27-15-20(23)22(2)16-6-8-17(26-3)9-7-16/h6-13,21H,4-5,14-15H2,1-3H3. The Hall–Kier alpha value is -2.58. The maximum atomic E-state index is 12.3. The Bertz CT molecular complexity index is 864. The average Bonchev–Trinajstić information content (AvgIpc) is 2.72.